The Kier molecular flexibility index (Phi) is 5.75. The molecule has 27 heavy (non-hydrogen) atoms. The molecule has 0 aliphatic heterocycles. The van der Waals surface area contributed by atoms with Crippen molar-refractivity contribution in [2.45, 2.75) is 12.8 Å². The van der Waals surface area contributed by atoms with Crippen LogP contribution in [0.3, 0.4) is 0 Å². The standard InChI is InChI=1S/C21H21BrO5/c1-24-15-7-8-16-12(10-15)5-6-13(19(16)23)9-14-11-17(25-2)20(26-3)21(27-4)18(14)22/h7-11H,5-6H2,1-4H3. The first-order valence-corrected chi connectivity index (χ1v) is 9.24. The van der Waals surface area contributed by atoms with Gasteiger partial charge in [0.05, 0.1) is 32.9 Å². The summed E-state index contributed by atoms with van der Waals surface area (Å²) in [5, 5.41) is 0. The molecule has 0 saturated carbocycles. The van der Waals surface area contributed by atoms with Crippen LogP contribution in [0, 0.1) is 0 Å². The number of fused-ring (bicyclic) bond motifs is 1. The molecule has 0 aromatic heterocycles. The first-order valence-electron chi connectivity index (χ1n) is 8.44. The van der Waals surface area contributed by atoms with Gasteiger partial charge >= 0.3 is 0 Å². The number of carbonyl (C=O) groups is 1. The Hall–Kier alpha value is -2.47. The van der Waals surface area contributed by atoms with Crippen LogP contribution < -0.4 is 18.9 Å². The van der Waals surface area contributed by atoms with Crippen molar-refractivity contribution >= 4 is 27.8 Å². The molecule has 0 radical (unpaired) electrons. The molecule has 0 unspecified atom stereocenters. The van der Waals surface area contributed by atoms with Crippen LogP contribution in [0.4, 0.5) is 0 Å². The molecule has 0 N–H and O–H groups in total. The minimum atomic E-state index is 0.0274. The smallest absolute Gasteiger partial charge is 0.204 e. The van der Waals surface area contributed by atoms with Crippen molar-refractivity contribution in [3.8, 4) is 23.0 Å². The Balaban J connectivity index is 2.05. The number of ketones is 1. The summed E-state index contributed by atoms with van der Waals surface area (Å²) in [6, 6.07) is 7.40. The Morgan fingerprint density at radius 1 is 0.926 bits per heavy atom. The minimum Gasteiger partial charge on any atom is -0.497 e. The van der Waals surface area contributed by atoms with Crippen LogP contribution in [0.25, 0.3) is 6.08 Å². The zero-order chi connectivity index (χ0) is 19.6. The summed E-state index contributed by atoms with van der Waals surface area (Å²) in [6.45, 7) is 0. The molecule has 2 aromatic rings. The second-order valence-electron chi connectivity index (χ2n) is 6.07. The van der Waals surface area contributed by atoms with Crippen molar-refractivity contribution in [1.29, 1.82) is 0 Å². The van der Waals surface area contributed by atoms with E-state index in [1.54, 1.807) is 28.4 Å². The quantitative estimate of drug-likeness (QED) is 0.641. The summed E-state index contributed by atoms with van der Waals surface area (Å²) in [6.07, 6.45) is 3.32. The molecule has 0 saturated heterocycles. The highest BCUT2D eigenvalue weighted by Gasteiger charge is 2.24. The number of ether oxygens (including phenoxy) is 4. The van der Waals surface area contributed by atoms with Crippen LogP contribution in [0.5, 0.6) is 23.0 Å². The Morgan fingerprint density at radius 2 is 1.67 bits per heavy atom. The van der Waals surface area contributed by atoms with E-state index >= 15 is 0 Å². The molecule has 6 heteroatoms. The Morgan fingerprint density at radius 3 is 2.30 bits per heavy atom. The van der Waals surface area contributed by atoms with Crippen LogP contribution in [0.2, 0.25) is 0 Å². The Bertz CT molecular complexity index is 917. The summed E-state index contributed by atoms with van der Waals surface area (Å²) in [7, 11) is 6.31. The lowest BCUT2D eigenvalue weighted by atomic mass is 9.86. The number of aryl methyl sites for hydroxylation is 1. The average molecular weight is 433 g/mol. The fourth-order valence-corrected chi connectivity index (χ4v) is 3.82. The van der Waals surface area contributed by atoms with Gasteiger partial charge in [0.25, 0.3) is 0 Å². The van der Waals surface area contributed by atoms with Crippen molar-refractivity contribution < 1.29 is 23.7 Å². The maximum Gasteiger partial charge on any atom is 0.204 e. The van der Waals surface area contributed by atoms with Crippen LogP contribution in [0.1, 0.15) is 27.9 Å². The third kappa shape index (κ3) is 3.54. The first-order chi connectivity index (χ1) is 13.0. The summed E-state index contributed by atoms with van der Waals surface area (Å²) in [5.41, 5.74) is 3.27. The van der Waals surface area contributed by atoms with E-state index < -0.39 is 0 Å². The zero-order valence-electron chi connectivity index (χ0n) is 15.7. The van der Waals surface area contributed by atoms with Gasteiger partial charge in [0.1, 0.15) is 5.75 Å². The van der Waals surface area contributed by atoms with Crippen molar-refractivity contribution in [2.75, 3.05) is 28.4 Å². The van der Waals surface area contributed by atoms with Crippen molar-refractivity contribution in [3.05, 3.63) is 51.0 Å². The van der Waals surface area contributed by atoms with Crippen LogP contribution in [0.15, 0.2) is 34.3 Å². The maximum atomic E-state index is 13.0. The molecule has 142 valence electrons. The molecule has 1 aliphatic rings. The highest BCUT2D eigenvalue weighted by Crippen LogP contribution is 2.45. The third-order valence-electron chi connectivity index (χ3n) is 4.64. The topological polar surface area (TPSA) is 54.0 Å². The average Bonchev–Trinajstić information content (AvgIpc) is 2.70. The largest absolute Gasteiger partial charge is 0.497 e. The number of halogens is 1. The van der Waals surface area contributed by atoms with Crippen molar-refractivity contribution in [2.24, 2.45) is 0 Å². The van der Waals surface area contributed by atoms with E-state index in [0.717, 1.165) is 34.4 Å². The number of Topliss-reactive ketones (excluding diaryl/α,β-unsaturated/α-hetero) is 1. The van der Waals surface area contributed by atoms with E-state index in [-0.39, 0.29) is 5.78 Å². The summed E-state index contributed by atoms with van der Waals surface area (Å²) in [5.74, 6) is 2.36. The van der Waals surface area contributed by atoms with E-state index in [4.69, 9.17) is 18.9 Å². The lowest BCUT2D eigenvalue weighted by molar-refractivity contribution is 0.102. The molecule has 3 rings (SSSR count). The second kappa shape index (κ2) is 8.05. The van der Waals surface area contributed by atoms with Gasteiger partial charge in [-0.25, -0.2) is 0 Å². The SMILES string of the molecule is COc1ccc2c(c1)CCC(=Cc1cc(OC)c(OC)c(OC)c1Br)C2=O. The molecule has 0 heterocycles. The van der Waals surface area contributed by atoms with Crippen LogP contribution >= 0.6 is 15.9 Å². The first kappa shape index (κ1) is 19.3. The molecule has 0 amide bonds. The molecular formula is C21H21BrO5. The molecule has 0 spiro atoms. The fraction of sp³-hybridized carbons (Fsp3) is 0.286. The molecule has 0 bridgehead atoms. The van der Waals surface area contributed by atoms with Crippen molar-refractivity contribution in [3.63, 3.8) is 0 Å². The van der Waals surface area contributed by atoms with Gasteiger partial charge in [-0.05, 0) is 70.2 Å². The highest BCUT2D eigenvalue weighted by molar-refractivity contribution is 9.10. The van der Waals surface area contributed by atoms with Crippen molar-refractivity contribution in [1.82, 2.24) is 0 Å². The molecule has 0 fully saturated rings. The number of rotatable bonds is 5. The summed E-state index contributed by atoms with van der Waals surface area (Å²) < 4.78 is 22.2. The Labute approximate surface area is 167 Å². The lowest BCUT2D eigenvalue weighted by Gasteiger charge is -2.19. The number of carbonyl (C=O) groups excluding carboxylic acids is 1. The minimum absolute atomic E-state index is 0.0274. The third-order valence-corrected chi connectivity index (χ3v) is 5.46. The van der Waals surface area contributed by atoms with Gasteiger partial charge in [0, 0.05) is 11.1 Å². The van der Waals surface area contributed by atoms with E-state index in [1.165, 1.54) is 0 Å². The highest BCUT2D eigenvalue weighted by atomic mass is 79.9. The summed E-state index contributed by atoms with van der Waals surface area (Å²) >= 11 is 3.56. The molecule has 2 aromatic carbocycles. The van der Waals surface area contributed by atoms with Gasteiger partial charge in [0.15, 0.2) is 17.3 Å². The second-order valence-corrected chi connectivity index (χ2v) is 6.86. The normalized spacial score (nSPS) is 14.7. The maximum absolute atomic E-state index is 13.0. The van der Waals surface area contributed by atoms with Gasteiger partial charge in [-0.3, -0.25) is 4.79 Å². The number of hydrogen-bond donors (Lipinski definition) is 0. The van der Waals surface area contributed by atoms with Crippen LogP contribution in [-0.4, -0.2) is 34.2 Å². The predicted octanol–water partition coefficient (Wildman–Crippen LogP) is 4.70. The number of methoxy groups -OCH3 is 4. The van der Waals surface area contributed by atoms with Gasteiger partial charge in [-0.1, -0.05) is 0 Å². The van der Waals surface area contributed by atoms with Gasteiger partial charge in [0.2, 0.25) is 5.75 Å². The zero-order valence-corrected chi connectivity index (χ0v) is 17.3. The van der Waals surface area contributed by atoms with E-state index in [0.29, 0.717) is 28.1 Å². The van der Waals surface area contributed by atoms with Gasteiger partial charge in [-0.2, -0.15) is 0 Å². The fourth-order valence-electron chi connectivity index (χ4n) is 3.25. The monoisotopic (exact) mass is 432 g/mol. The predicted molar refractivity (Wildman–Crippen MR) is 107 cm³/mol. The van der Waals surface area contributed by atoms with E-state index in [1.807, 2.05) is 30.3 Å². The molecular weight excluding hydrogens is 412 g/mol. The van der Waals surface area contributed by atoms with Gasteiger partial charge < -0.3 is 18.9 Å². The number of benzene rings is 2. The number of hydrogen-bond acceptors (Lipinski definition) is 5. The molecule has 0 atom stereocenters. The summed E-state index contributed by atoms with van der Waals surface area (Å²) in [4.78, 5) is 13.0. The molecule has 5 nitrogen and oxygen atoms in total. The molecule has 1 aliphatic carbocycles. The lowest BCUT2D eigenvalue weighted by Crippen LogP contribution is -2.14. The number of allylic oxidation sites excluding steroid dienone is 1. The van der Waals surface area contributed by atoms with Crippen LogP contribution in [-0.2, 0) is 6.42 Å². The van der Waals surface area contributed by atoms with E-state index in [2.05, 4.69) is 15.9 Å². The van der Waals surface area contributed by atoms with E-state index in [9.17, 15) is 4.79 Å². The van der Waals surface area contributed by atoms with Gasteiger partial charge in [-0.15, -0.1) is 0 Å².